The van der Waals surface area contributed by atoms with Gasteiger partial charge in [0.2, 0.25) is 0 Å². The van der Waals surface area contributed by atoms with Crippen LogP contribution in [0.4, 0.5) is 17.6 Å². The minimum absolute atomic E-state index is 0.157. The normalized spacial score (nSPS) is 14.7. The minimum Gasteiger partial charge on any atom is -0.395 e. The molecule has 1 aliphatic heterocycles. The highest BCUT2D eigenvalue weighted by atomic mass is 32.1. The van der Waals surface area contributed by atoms with Crippen molar-refractivity contribution in [3.63, 3.8) is 0 Å². The summed E-state index contributed by atoms with van der Waals surface area (Å²) in [5.41, 5.74) is 5.63. The summed E-state index contributed by atoms with van der Waals surface area (Å²) in [6, 6.07) is 12.3. The number of carbonyl (C=O) groups is 1. The first-order chi connectivity index (χ1) is 15.7. The van der Waals surface area contributed by atoms with Crippen LogP contribution in [-0.4, -0.2) is 35.6 Å². The number of hydrogen-bond acceptors (Lipinski definition) is 4. The summed E-state index contributed by atoms with van der Waals surface area (Å²) < 4.78 is 55.3. The van der Waals surface area contributed by atoms with Crippen LogP contribution in [0, 0.1) is 0 Å². The van der Waals surface area contributed by atoms with Gasteiger partial charge in [-0.1, -0.05) is 36.4 Å². The van der Waals surface area contributed by atoms with E-state index >= 15 is 4.39 Å². The van der Waals surface area contributed by atoms with Crippen LogP contribution in [-0.2, 0) is 17.4 Å². The summed E-state index contributed by atoms with van der Waals surface area (Å²) in [5.74, 6) is -1.64. The summed E-state index contributed by atoms with van der Waals surface area (Å²) in [6.07, 6.45) is -2.74. The molecular formula is C24H20F4N2O2S. The van der Waals surface area contributed by atoms with Gasteiger partial charge in [-0.25, -0.2) is 4.39 Å². The third kappa shape index (κ3) is 4.65. The number of thiophene rings is 1. The number of nitrogens with zero attached hydrogens (tertiary/aromatic N) is 1. The standard InChI is InChI=1S/C24H20F4N2O2S/c25-20-18(23(29)32)7-8-30(9-10-31)21(20)19-6-2-4-15-13-17(33-22(15)19)12-14-3-1-5-16(11-14)24(26,27)28/h1-7,11,13,31H,8-10,12H2,(H2,29,32). The smallest absolute Gasteiger partial charge is 0.395 e. The Morgan fingerprint density at radius 2 is 1.91 bits per heavy atom. The van der Waals surface area contributed by atoms with E-state index in [0.29, 0.717) is 11.1 Å². The van der Waals surface area contributed by atoms with E-state index in [0.717, 1.165) is 27.1 Å². The van der Waals surface area contributed by atoms with Gasteiger partial charge in [-0.05, 0) is 29.2 Å². The summed E-state index contributed by atoms with van der Waals surface area (Å²) in [4.78, 5) is 14.2. The molecule has 0 spiro atoms. The number of amides is 1. The molecule has 3 N–H and O–H groups in total. The average Bonchev–Trinajstić information content (AvgIpc) is 3.16. The van der Waals surface area contributed by atoms with Gasteiger partial charge >= 0.3 is 6.18 Å². The number of alkyl halides is 3. The van der Waals surface area contributed by atoms with E-state index in [1.165, 1.54) is 23.5 Å². The van der Waals surface area contributed by atoms with Crippen LogP contribution in [0.1, 0.15) is 21.6 Å². The van der Waals surface area contributed by atoms with Crippen molar-refractivity contribution in [3.8, 4) is 0 Å². The van der Waals surface area contributed by atoms with Crippen molar-refractivity contribution >= 4 is 33.0 Å². The Morgan fingerprint density at radius 1 is 1.15 bits per heavy atom. The molecule has 0 bridgehead atoms. The van der Waals surface area contributed by atoms with E-state index in [-0.39, 0.29) is 37.4 Å². The summed E-state index contributed by atoms with van der Waals surface area (Å²) in [6.45, 7) is 0.155. The van der Waals surface area contributed by atoms with Crippen LogP contribution in [0.25, 0.3) is 15.8 Å². The van der Waals surface area contributed by atoms with E-state index in [2.05, 4.69) is 0 Å². The predicted octanol–water partition coefficient (Wildman–Crippen LogP) is 4.87. The number of primary amides is 1. The molecule has 4 nitrogen and oxygen atoms in total. The molecule has 1 aromatic heterocycles. The number of fused-ring (bicyclic) bond motifs is 1. The largest absolute Gasteiger partial charge is 0.416 e. The summed E-state index contributed by atoms with van der Waals surface area (Å²) in [5, 5.41) is 10.2. The Bertz CT molecular complexity index is 1280. The van der Waals surface area contributed by atoms with Gasteiger partial charge in [0.15, 0.2) is 5.83 Å². The molecule has 9 heteroatoms. The first kappa shape index (κ1) is 23.0. The molecular weight excluding hydrogens is 456 g/mol. The fraction of sp³-hybridized carbons (Fsp3) is 0.208. The fourth-order valence-corrected chi connectivity index (χ4v) is 5.13. The second-order valence-electron chi connectivity index (χ2n) is 7.63. The van der Waals surface area contributed by atoms with Gasteiger partial charge in [0.05, 0.1) is 23.4 Å². The van der Waals surface area contributed by atoms with Crippen LogP contribution in [0.3, 0.4) is 0 Å². The van der Waals surface area contributed by atoms with Crippen LogP contribution in [0.15, 0.2) is 66.0 Å². The number of benzene rings is 2. The highest BCUT2D eigenvalue weighted by Crippen LogP contribution is 2.39. The number of rotatable bonds is 6. The Kier molecular flexibility index (Phi) is 6.27. The van der Waals surface area contributed by atoms with E-state index in [1.54, 1.807) is 23.1 Å². The lowest BCUT2D eigenvalue weighted by Crippen LogP contribution is -2.31. The molecule has 0 saturated heterocycles. The van der Waals surface area contributed by atoms with Crippen LogP contribution < -0.4 is 5.73 Å². The maximum absolute atomic E-state index is 15.3. The number of nitrogens with two attached hydrogens (primary N) is 1. The number of carbonyl (C=O) groups excluding carboxylic acids is 1. The van der Waals surface area contributed by atoms with Gasteiger partial charge in [-0.15, -0.1) is 11.3 Å². The van der Waals surface area contributed by atoms with Crippen molar-refractivity contribution < 1.29 is 27.5 Å². The highest BCUT2D eigenvalue weighted by molar-refractivity contribution is 7.19. The van der Waals surface area contributed by atoms with Crippen LogP contribution in [0.2, 0.25) is 0 Å². The van der Waals surface area contributed by atoms with Crippen molar-refractivity contribution in [3.05, 3.63) is 87.6 Å². The van der Waals surface area contributed by atoms with Crippen molar-refractivity contribution in [2.24, 2.45) is 5.73 Å². The molecule has 0 fully saturated rings. The lowest BCUT2D eigenvalue weighted by molar-refractivity contribution is -0.137. The molecule has 4 rings (SSSR count). The lowest BCUT2D eigenvalue weighted by Gasteiger charge is -2.30. The molecule has 0 saturated carbocycles. The van der Waals surface area contributed by atoms with Gasteiger partial charge in [-0.2, -0.15) is 13.2 Å². The zero-order valence-corrected chi connectivity index (χ0v) is 18.1. The molecule has 0 aliphatic carbocycles. The van der Waals surface area contributed by atoms with Gasteiger partial charge in [0.1, 0.15) is 0 Å². The maximum Gasteiger partial charge on any atom is 0.416 e. The average molecular weight is 476 g/mol. The molecule has 2 aromatic carbocycles. The number of hydrogen-bond donors (Lipinski definition) is 2. The first-order valence-electron chi connectivity index (χ1n) is 10.1. The SMILES string of the molecule is NC(=O)C1=CCN(CCO)C(c2cccc3cc(Cc4cccc(C(F)(F)F)c4)sc23)=C1F. The molecule has 1 amide bonds. The molecule has 3 aromatic rings. The van der Waals surface area contributed by atoms with Gasteiger partial charge < -0.3 is 15.7 Å². The fourth-order valence-electron chi connectivity index (χ4n) is 3.92. The van der Waals surface area contributed by atoms with Gasteiger partial charge in [-0.3, -0.25) is 4.79 Å². The Balaban J connectivity index is 1.77. The minimum atomic E-state index is -4.42. The van der Waals surface area contributed by atoms with E-state index in [1.807, 2.05) is 12.1 Å². The molecule has 0 unspecified atom stereocenters. The third-order valence-electron chi connectivity index (χ3n) is 5.39. The van der Waals surface area contributed by atoms with Crippen molar-refractivity contribution in [1.29, 1.82) is 0 Å². The van der Waals surface area contributed by atoms with Gasteiger partial charge in [0.25, 0.3) is 5.91 Å². The van der Waals surface area contributed by atoms with Crippen molar-refractivity contribution in [2.75, 3.05) is 19.7 Å². The lowest BCUT2D eigenvalue weighted by atomic mass is 10.0. The Labute approximate surface area is 191 Å². The number of β-amino-alcohol motifs (C(OH)–C–C–N with tert-alkyl or cyclic N) is 1. The van der Waals surface area contributed by atoms with E-state index < -0.39 is 23.5 Å². The molecule has 2 heterocycles. The summed E-state index contributed by atoms with van der Waals surface area (Å²) >= 11 is 1.35. The van der Waals surface area contributed by atoms with Gasteiger partial charge in [0, 0.05) is 34.7 Å². The molecule has 0 atom stereocenters. The zero-order chi connectivity index (χ0) is 23.8. The topological polar surface area (TPSA) is 66.6 Å². The maximum atomic E-state index is 15.3. The molecule has 1 aliphatic rings. The van der Waals surface area contributed by atoms with Crippen LogP contribution >= 0.6 is 11.3 Å². The zero-order valence-electron chi connectivity index (χ0n) is 17.3. The quantitative estimate of drug-likeness (QED) is 0.499. The number of aliphatic hydroxyl groups excluding tert-OH is 1. The number of halogens is 4. The molecule has 33 heavy (non-hydrogen) atoms. The third-order valence-corrected chi connectivity index (χ3v) is 6.58. The number of aliphatic hydroxyl groups is 1. The van der Waals surface area contributed by atoms with Crippen molar-refractivity contribution in [1.82, 2.24) is 4.90 Å². The second-order valence-corrected chi connectivity index (χ2v) is 8.76. The van der Waals surface area contributed by atoms with E-state index in [9.17, 15) is 23.1 Å². The summed E-state index contributed by atoms with van der Waals surface area (Å²) in [7, 11) is 0. The molecule has 172 valence electrons. The Morgan fingerprint density at radius 3 is 2.61 bits per heavy atom. The highest BCUT2D eigenvalue weighted by Gasteiger charge is 2.30. The van der Waals surface area contributed by atoms with E-state index in [4.69, 9.17) is 5.73 Å². The first-order valence-corrected chi connectivity index (χ1v) is 10.9. The van der Waals surface area contributed by atoms with Crippen LogP contribution in [0.5, 0.6) is 0 Å². The predicted molar refractivity (Wildman–Crippen MR) is 120 cm³/mol. The van der Waals surface area contributed by atoms with Crippen molar-refractivity contribution in [2.45, 2.75) is 12.6 Å². The Hall–Kier alpha value is -3.17. The monoisotopic (exact) mass is 476 g/mol. The second kappa shape index (κ2) is 8.99. The molecule has 0 radical (unpaired) electrons.